The molecule has 0 aliphatic carbocycles. The summed E-state index contributed by atoms with van der Waals surface area (Å²) in [5.74, 6) is 3.55. The van der Waals surface area contributed by atoms with Crippen molar-refractivity contribution < 1.29 is 0 Å². The Morgan fingerprint density at radius 3 is 2.63 bits per heavy atom. The van der Waals surface area contributed by atoms with Gasteiger partial charge in [-0.05, 0) is 47.5 Å². The molecule has 1 N–H and O–H groups in total. The summed E-state index contributed by atoms with van der Waals surface area (Å²) < 4.78 is 0.986. The first-order valence-corrected chi connectivity index (χ1v) is 7.92. The average molecular weight is 327 g/mol. The van der Waals surface area contributed by atoms with E-state index in [1.54, 1.807) is 6.33 Å². The van der Waals surface area contributed by atoms with Gasteiger partial charge in [-0.2, -0.15) is 0 Å². The van der Waals surface area contributed by atoms with Crippen molar-refractivity contribution in [3.05, 3.63) is 10.8 Å². The van der Waals surface area contributed by atoms with Gasteiger partial charge in [0.05, 0.1) is 0 Å². The summed E-state index contributed by atoms with van der Waals surface area (Å²) in [4.78, 5) is 11.1. The first-order valence-electron chi connectivity index (χ1n) is 7.12. The molecular weight excluding hydrogens is 304 g/mol. The third-order valence-corrected chi connectivity index (χ3v) is 4.63. The smallest absolute Gasteiger partial charge is 0.148 e. The zero-order valence-corrected chi connectivity index (χ0v) is 13.6. The zero-order valence-electron chi connectivity index (χ0n) is 12.0. The average Bonchev–Trinajstić information content (AvgIpc) is 2.41. The van der Waals surface area contributed by atoms with Crippen molar-refractivity contribution in [3.8, 4) is 0 Å². The van der Waals surface area contributed by atoms with Gasteiger partial charge in [0.15, 0.2) is 0 Å². The highest BCUT2D eigenvalue weighted by atomic mass is 79.9. The molecule has 0 aromatic carbocycles. The van der Waals surface area contributed by atoms with E-state index < -0.39 is 0 Å². The maximum Gasteiger partial charge on any atom is 0.148 e. The summed E-state index contributed by atoms with van der Waals surface area (Å²) >= 11 is 3.63. The van der Waals surface area contributed by atoms with Gasteiger partial charge in [0.25, 0.3) is 0 Å². The standard InChI is InChI=1S/C14H23BrN4/c1-4-16-13-12(15)14(18-9-17-13)19-7-5-11(6-8-19)10(2)3/h9-11H,4-8H2,1-3H3,(H,16,17,18). The van der Waals surface area contributed by atoms with Gasteiger partial charge in [-0.1, -0.05) is 13.8 Å². The van der Waals surface area contributed by atoms with Crippen LogP contribution in [0.3, 0.4) is 0 Å². The Bertz CT molecular complexity index is 414. The van der Waals surface area contributed by atoms with Crippen LogP contribution in [-0.4, -0.2) is 29.6 Å². The fraction of sp³-hybridized carbons (Fsp3) is 0.714. The summed E-state index contributed by atoms with van der Waals surface area (Å²) in [5.41, 5.74) is 0. The van der Waals surface area contributed by atoms with E-state index in [-0.39, 0.29) is 0 Å². The zero-order chi connectivity index (χ0) is 13.8. The van der Waals surface area contributed by atoms with Crippen LogP contribution in [0.1, 0.15) is 33.6 Å². The van der Waals surface area contributed by atoms with E-state index in [0.717, 1.165) is 47.6 Å². The van der Waals surface area contributed by atoms with Gasteiger partial charge in [0.2, 0.25) is 0 Å². The molecule has 0 spiro atoms. The quantitative estimate of drug-likeness (QED) is 0.918. The Hall–Kier alpha value is -0.840. The Balaban J connectivity index is 2.09. The number of anilines is 2. The number of aromatic nitrogens is 2. The largest absolute Gasteiger partial charge is 0.369 e. The fourth-order valence-electron chi connectivity index (χ4n) is 2.65. The SMILES string of the molecule is CCNc1ncnc(N2CCC(C(C)C)CC2)c1Br. The van der Waals surface area contributed by atoms with Crippen LogP contribution in [0.15, 0.2) is 10.8 Å². The highest BCUT2D eigenvalue weighted by Gasteiger charge is 2.24. The maximum absolute atomic E-state index is 4.44. The lowest BCUT2D eigenvalue weighted by Gasteiger charge is -2.35. The van der Waals surface area contributed by atoms with Gasteiger partial charge in [0, 0.05) is 19.6 Å². The van der Waals surface area contributed by atoms with Crippen LogP contribution in [0, 0.1) is 11.8 Å². The molecule has 0 unspecified atom stereocenters. The van der Waals surface area contributed by atoms with Crippen molar-refractivity contribution in [3.63, 3.8) is 0 Å². The topological polar surface area (TPSA) is 41.1 Å². The van der Waals surface area contributed by atoms with Gasteiger partial charge < -0.3 is 10.2 Å². The molecule has 1 aromatic rings. The van der Waals surface area contributed by atoms with Crippen LogP contribution >= 0.6 is 15.9 Å². The van der Waals surface area contributed by atoms with Crippen LogP contribution in [0.5, 0.6) is 0 Å². The molecule has 1 saturated heterocycles. The number of hydrogen-bond donors (Lipinski definition) is 1. The third-order valence-electron chi connectivity index (χ3n) is 3.90. The molecule has 1 aliphatic heterocycles. The van der Waals surface area contributed by atoms with Gasteiger partial charge in [-0.3, -0.25) is 0 Å². The second-order valence-electron chi connectivity index (χ2n) is 5.46. The minimum Gasteiger partial charge on any atom is -0.369 e. The van der Waals surface area contributed by atoms with Crippen molar-refractivity contribution in [2.45, 2.75) is 33.6 Å². The lowest BCUT2D eigenvalue weighted by atomic mass is 9.87. The highest BCUT2D eigenvalue weighted by Crippen LogP contribution is 2.33. The summed E-state index contributed by atoms with van der Waals surface area (Å²) in [6.45, 7) is 9.76. The number of hydrogen-bond acceptors (Lipinski definition) is 4. The monoisotopic (exact) mass is 326 g/mol. The molecule has 106 valence electrons. The molecule has 4 nitrogen and oxygen atoms in total. The second kappa shape index (κ2) is 6.55. The van der Waals surface area contributed by atoms with Crippen molar-refractivity contribution in [2.24, 2.45) is 11.8 Å². The molecule has 0 radical (unpaired) electrons. The van der Waals surface area contributed by atoms with Crippen LogP contribution in [0.4, 0.5) is 11.6 Å². The lowest BCUT2D eigenvalue weighted by Crippen LogP contribution is -2.36. The second-order valence-corrected chi connectivity index (χ2v) is 6.25. The van der Waals surface area contributed by atoms with Crippen molar-refractivity contribution in [1.82, 2.24) is 9.97 Å². The summed E-state index contributed by atoms with van der Waals surface area (Å²) in [7, 11) is 0. The lowest BCUT2D eigenvalue weighted by molar-refractivity contribution is 0.310. The Kier molecular flexibility index (Phi) is 5.02. The fourth-order valence-corrected chi connectivity index (χ4v) is 3.25. The summed E-state index contributed by atoms with van der Waals surface area (Å²) in [6, 6.07) is 0. The van der Waals surface area contributed by atoms with Gasteiger partial charge in [-0.15, -0.1) is 0 Å². The van der Waals surface area contributed by atoms with Crippen molar-refractivity contribution in [1.29, 1.82) is 0 Å². The normalized spacial score (nSPS) is 17.0. The minimum atomic E-state index is 0.785. The molecular formula is C14H23BrN4. The van der Waals surface area contributed by atoms with Crippen molar-refractivity contribution >= 4 is 27.6 Å². The van der Waals surface area contributed by atoms with Crippen LogP contribution in [0.2, 0.25) is 0 Å². The van der Waals surface area contributed by atoms with Gasteiger partial charge >= 0.3 is 0 Å². The van der Waals surface area contributed by atoms with E-state index in [2.05, 4.69) is 56.9 Å². The third kappa shape index (κ3) is 3.38. The van der Waals surface area contributed by atoms with E-state index in [9.17, 15) is 0 Å². The molecule has 2 rings (SSSR count). The predicted octanol–water partition coefficient (Wildman–Crippen LogP) is 3.54. The van der Waals surface area contributed by atoms with E-state index >= 15 is 0 Å². The summed E-state index contributed by atoms with van der Waals surface area (Å²) in [5, 5.41) is 3.26. The number of nitrogens with zero attached hydrogens (tertiary/aromatic N) is 3. The van der Waals surface area contributed by atoms with Crippen LogP contribution < -0.4 is 10.2 Å². The van der Waals surface area contributed by atoms with Gasteiger partial charge in [0.1, 0.15) is 22.4 Å². The molecule has 0 saturated carbocycles. The van der Waals surface area contributed by atoms with Crippen LogP contribution in [0.25, 0.3) is 0 Å². The molecule has 5 heteroatoms. The predicted molar refractivity (Wildman–Crippen MR) is 83.7 cm³/mol. The van der Waals surface area contributed by atoms with E-state index in [0.29, 0.717) is 0 Å². The molecule has 19 heavy (non-hydrogen) atoms. The Labute approximate surface area is 124 Å². The Morgan fingerprint density at radius 2 is 2.05 bits per heavy atom. The number of halogens is 1. The highest BCUT2D eigenvalue weighted by molar-refractivity contribution is 9.10. The molecule has 2 heterocycles. The van der Waals surface area contributed by atoms with E-state index in [4.69, 9.17) is 0 Å². The van der Waals surface area contributed by atoms with E-state index in [1.165, 1.54) is 12.8 Å². The number of nitrogens with one attached hydrogen (secondary N) is 1. The molecule has 1 fully saturated rings. The maximum atomic E-state index is 4.44. The molecule has 0 amide bonds. The Morgan fingerprint density at radius 1 is 1.37 bits per heavy atom. The number of rotatable bonds is 4. The molecule has 0 atom stereocenters. The van der Waals surface area contributed by atoms with Gasteiger partial charge in [-0.25, -0.2) is 9.97 Å². The molecule has 1 aromatic heterocycles. The summed E-state index contributed by atoms with van der Waals surface area (Å²) in [6.07, 6.45) is 4.15. The van der Waals surface area contributed by atoms with Crippen molar-refractivity contribution in [2.75, 3.05) is 29.9 Å². The first kappa shape index (κ1) is 14.6. The minimum absolute atomic E-state index is 0.785. The van der Waals surface area contributed by atoms with Crippen LogP contribution in [-0.2, 0) is 0 Å². The molecule has 0 bridgehead atoms. The molecule has 1 aliphatic rings. The van der Waals surface area contributed by atoms with E-state index in [1.807, 2.05) is 0 Å². The number of piperidine rings is 1. The first-order chi connectivity index (χ1) is 9.13.